The molecule has 0 aliphatic carbocycles. The molecule has 1 atom stereocenters. The zero-order valence-corrected chi connectivity index (χ0v) is 12.1. The summed E-state index contributed by atoms with van der Waals surface area (Å²) in [7, 11) is 3.60. The van der Waals surface area contributed by atoms with Crippen molar-refractivity contribution in [3.8, 4) is 5.75 Å². The van der Waals surface area contributed by atoms with Gasteiger partial charge in [-0.2, -0.15) is 5.10 Å². The third-order valence-corrected chi connectivity index (χ3v) is 2.77. The Morgan fingerprint density at radius 1 is 1.44 bits per heavy atom. The van der Waals surface area contributed by atoms with Crippen LogP contribution >= 0.6 is 0 Å². The second-order valence-electron chi connectivity index (χ2n) is 4.54. The van der Waals surface area contributed by atoms with E-state index in [1.807, 2.05) is 25.6 Å². The molecule has 0 aromatic carbocycles. The maximum Gasteiger partial charge on any atom is 0.161 e. The number of methoxy groups -OCH3 is 1. The number of nitrogens with one attached hydrogen (secondary N) is 1. The van der Waals surface area contributed by atoms with Crippen molar-refractivity contribution in [3.05, 3.63) is 11.9 Å². The van der Waals surface area contributed by atoms with Crippen molar-refractivity contribution in [2.24, 2.45) is 0 Å². The monoisotopic (exact) mass is 255 g/mol. The van der Waals surface area contributed by atoms with Crippen molar-refractivity contribution >= 4 is 0 Å². The summed E-state index contributed by atoms with van der Waals surface area (Å²) in [6.07, 6.45) is 3.03. The van der Waals surface area contributed by atoms with Crippen molar-refractivity contribution in [1.82, 2.24) is 15.1 Å². The van der Waals surface area contributed by atoms with E-state index in [0.29, 0.717) is 6.61 Å². The van der Waals surface area contributed by atoms with Crippen molar-refractivity contribution < 1.29 is 9.47 Å². The van der Waals surface area contributed by atoms with E-state index >= 15 is 0 Å². The molecule has 0 saturated carbocycles. The van der Waals surface area contributed by atoms with Gasteiger partial charge in [-0.15, -0.1) is 0 Å². The van der Waals surface area contributed by atoms with E-state index in [-0.39, 0.29) is 12.1 Å². The number of hydrogen-bond acceptors (Lipinski definition) is 4. The maximum atomic E-state index is 5.69. The van der Waals surface area contributed by atoms with Gasteiger partial charge in [0.05, 0.1) is 37.8 Å². The highest BCUT2D eigenvalue weighted by Gasteiger charge is 2.21. The zero-order valence-electron chi connectivity index (χ0n) is 12.1. The molecule has 5 heteroatoms. The predicted octanol–water partition coefficient (Wildman–Crippen LogP) is 1.99. The molecule has 1 rings (SSSR count). The van der Waals surface area contributed by atoms with Gasteiger partial charge in [-0.25, -0.2) is 0 Å². The van der Waals surface area contributed by atoms with Gasteiger partial charge in [0.15, 0.2) is 5.75 Å². The zero-order chi connectivity index (χ0) is 13.5. The number of aromatic nitrogens is 2. The minimum atomic E-state index is 0.0939. The molecule has 0 bridgehead atoms. The Hall–Kier alpha value is -1.07. The number of aryl methyl sites for hydroxylation is 1. The normalized spacial score (nSPS) is 13.0. The molecule has 104 valence electrons. The molecular weight excluding hydrogens is 230 g/mol. The lowest BCUT2D eigenvalue weighted by molar-refractivity contribution is 0.0604. The van der Waals surface area contributed by atoms with Crippen LogP contribution < -0.4 is 10.1 Å². The lowest BCUT2D eigenvalue weighted by Gasteiger charge is -2.20. The number of likely N-dealkylation sites (N-methyl/N-ethyl adjacent to an activating group) is 1. The van der Waals surface area contributed by atoms with Gasteiger partial charge >= 0.3 is 0 Å². The highest BCUT2D eigenvalue weighted by molar-refractivity contribution is 5.28. The third-order valence-electron chi connectivity index (χ3n) is 2.77. The Balaban J connectivity index is 2.90. The first-order valence-electron chi connectivity index (χ1n) is 6.52. The van der Waals surface area contributed by atoms with Crippen LogP contribution in [0.25, 0.3) is 0 Å². The van der Waals surface area contributed by atoms with Crippen LogP contribution in [0.2, 0.25) is 0 Å². The molecule has 0 spiro atoms. The van der Waals surface area contributed by atoms with Crippen LogP contribution in [0.3, 0.4) is 0 Å². The van der Waals surface area contributed by atoms with Crippen LogP contribution in [0, 0.1) is 0 Å². The summed E-state index contributed by atoms with van der Waals surface area (Å²) in [5.74, 6) is 0.815. The number of nitrogens with zero attached hydrogens (tertiary/aromatic N) is 2. The van der Waals surface area contributed by atoms with Crippen LogP contribution in [0.4, 0.5) is 0 Å². The molecule has 0 saturated heterocycles. The fraction of sp³-hybridized carbons (Fsp3) is 0.769. The van der Waals surface area contributed by atoms with E-state index in [4.69, 9.17) is 9.47 Å². The molecule has 1 unspecified atom stereocenters. The quantitative estimate of drug-likeness (QED) is 0.771. The van der Waals surface area contributed by atoms with Crippen LogP contribution in [0.15, 0.2) is 6.20 Å². The largest absolute Gasteiger partial charge is 0.493 e. The minimum Gasteiger partial charge on any atom is -0.493 e. The number of hydrogen-bond donors (Lipinski definition) is 1. The van der Waals surface area contributed by atoms with E-state index in [0.717, 1.165) is 24.4 Å². The Morgan fingerprint density at radius 3 is 2.67 bits per heavy atom. The van der Waals surface area contributed by atoms with Gasteiger partial charge in [0.1, 0.15) is 0 Å². The van der Waals surface area contributed by atoms with Crippen molar-refractivity contribution in [3.63, 3.8) is 0 Å². The predicted molar refractivity (Wildman–Crippen MR) is 72.0 cm³/mol. The minimum absolute atomic E-state index is 0.0939. The van der Waals surface area contributed by atoms with Gasteiger partial charge in [-0.05, 0) is 27.3 Å². The standard InChI is InChI=1S/C13H25N3O2/c1-6-7-16-13(12(17-5)8-15-16)11(14-4)9-18-10(2)3/h8,10-11,14H,6-7,9H2,1-5H3. The third kappa shape index (κ3) is 3.71. The highest BCUT2D eigenvalue weighted by atomic mass is 16.5. The van der Waals surface area contributed by atoms with Gasteiger partial charge in [-0.3, -0.25) is 4.68 Å². The van der Waals surface area contributed by atoms with E-state index in [2.05, 4.69) is 17.3 Å². The molecule has 1 aromatic rings. The van der Waals surface area contributed by atoms with E-state index in [9.17, 15) is 0 Å². The molecule has 0 aliphatic rings. The molecule has 0 aliphatic heterocycles. The van der Waals surface area contributed by atoms with Gasteiger partial charge in [0, 0.05) is 6.54 Å². The summed E-state index contributed by atoms with van der Waals surface area (Å²) < 4.78 is 13.1. The first-order chi connectivity index (χ1) is 8.63. The maximum absolute atomic E-state index is 5.69. The van der Waals surface area contributed by atoms with Crippen LogP contribution in [-0.4, -0.2) is 36.6 Å². The van der Waals surface area contributed by atoms with Gasteiger partial charge in [0.2, 0.25) is 0 Å². The van der Waals surface area contributed by atoms with Crippen LogP contribution in [-0.2, 0) is 11.3 Å². The Labute approximate surface area is 109 Å². The van der Waals surface area contributed by atoms with Crippen LogP contribution in [0.5, 0.6) is 5.75 Å². The summed E-state index contributed by atoms with van der Waals surface area (Å²) in [6, 6.07) is 0.0939. The van der Waals surface area contributed by atoms with E-state index in [1.54, 1.807) is 13.3 Å². The molecule has 1 aromatic heterocycles. The second kappa shape index (κ2) is 7.38. The Bertz CT molecular complexity index is 350. The first-order valence-corrected chi connectivity index (χ1v) is 6.52. The molecule has 1 heterocycles. The van der Waals surface area contributed by atoms with E-state index in [1.165, 1.54) is 0 Å². The van der Waals surface area contributed by atoms with E-state index < -0.39 is 0 Å². The average Bonchev–Trinajstić information content (AvgIpc) is 2.74. The van der Waals surface area contributed by atoms with Gasteiger partial charge in [0.25, 0.3) is 0 Å². The molecular formula is C13H25N3O2. The smallest absolute Gasteiger partial charge is 0.161 e. The lowest BCUT2D eigenvalue weighted by atomic mass is 10.2. The van der Waals surface area contributed by atoms with Crippen molar-refractivity contribution in [1.29, 1.82) is 0 Å². The summed E-state index contributed by atoms with van der Waals surface area (Å²) in [5, 5.41) is 7.64. The summed E-state index contributed by atoms with van der Waals surface area (Å²) in [4.78, 5) is 0. The second-order valence-corrected chi connectivity index (χ2v) is 4.54. The van der Waals surface area contributed by atoms with Crippen molar-refractivity contribution in [2.75, 3.05) is 20.8 Å². The average molecular weight is 255 g/mol. The Kier molecular flexibility index (Phi) is 6.15. The SMILES string of the molecule is CCCn1ncc(OC)c1C(COC(C)C)NC. The number of ether oxygens (including phenoxy) is 2. The molecule has 1 N–H and O–H groups in total. The fourth-order valence-corrected chi connectivity index (χ4v) is 1.86. The fourth-order valence-electron chi connectivity index (χ4n) is 1.86. The molecule has 0 fully saturated rings. The highest BCUT2D eigenvalue weighted by Crippen LogP contribution is 2.25. The lowest BCUT2D eigenvalue weighted by Crippen LogP contribution is -2.26. The van der Waals surface area contributed by atoms with Crippen molar-refractivity contribution in [2.45, 2.75) is 45.9 Å². The van der Waals surface area contributed by atoms with Gasteiger partial charge in [-0.1, -0.05) is 6.92 Å². The molecule has 0 amide bonds. The van der Waals surface area contributed by atoms with Gasteiger partial charge < -0.3 is 14.8 Å². The summed E-state index contributed by atoms with van der Waals surface area (Å²) in [6.45, 7) is 7.70. The topological polar surface area (TPSA) is 48.3 Å². The molecule has 5 nitrogen and oxygen atoms in total. The summed E-state index contributed by atoms with van der Waals surface area (Å²) >= 11 is 0. The molecule has 18 heavy (non-hydrogen) atoms. The summed E-state index contributed by atoms with van der Waals surface area (Å²) in [5.41, 5.74) is 1.06. The first kappa shape index (κ1) is 15.0. The molecule has 0 radical (unpaired) electrons. The number of rotatable bonds is 8. The van der Waals surface area contributed by atoms with Crippen LogP contribution in [0.1, 0.15) is 38.9 Å². The Morgan fingerprint density at radius 2 is 2.17 bits per heavy atom.